The summed E-state index contributed by atoms with van der Waals surface area (Å²) in [4.78, 5) is 30.8. The van der Waals surface area contributed by atoms with Crippen LogP contribution in [0.25, 0.3) is 11.5 Å². The molecule has 1 aliphatic rings. The monoisotopic (exact) mass is 341 g/mol. The molecule has 1 N–H and O–H groups in total. The third kappa shape index (κ3) is 3.90. The topological polar surface area (TPSA) is 75.4 Å². The van der Waals surface area contributed by atoms with Crippen molar-refractivity contribution in [2.24, 2.45) is 0 Å². The zero-order valence-electron chi connectivity index (χ0n) is 14.6. The molecule has 1 fully saturated rings. The van der Waals surface area contributed by atoms with Crippen LogP contribution in [0.1, 0.15) is 42.2 Å². The molecule has 2 amide bonds. The van der Waals surface area contributed by atoms with Gasteiger partial charge >= 0.3 is 0 Å². The number of aryl methyl sites for hydroxylation is 1. The van der Waals surface area contributed by atoms with Crippen molar-refractivity contribution in [2.45, 2.75) is 39.2 Å². The first kappa shape index (κ1) is 17.2. The average Bonchev–Trinajstić information content (AvgIpc) is 3.16. The second-order valence-corrected chi connectivity index (χ2v) is 6.32. The van der Waals surface area contributed by atoms with Crippen LogP contribution in [0.2, 0.25) is 0 Å². The SMILES string of the molecule is CCC(=O)NC1CCCN(C(=O)c2ccc(-c3ccco3)nc2C)C1. The second-order valence-electron chi connectivity index (χ2n) is 6.32. The van der Waals surface area contributed by atoms with Crippen molar-refractivity contribution >= 4 is 11.8 Å². The fourth-order valence-electron chi connectivity index (χ4n) is 3.13. The molecular weight excluding hydrogens is 318 g/mol. The fraction of sp³-hybridized carbons (Fsp3) is 0.421. The maximum absolute atomic E-state index is 12.9. The number of rotatable bonds is 4. The van der Waals surface area contributed by atoms with Gasteiger partial charge in [0.05, 0.1) is 17.5 Å². The molecule has 6 nitrogen and oxygen atoms in total. The third-order valence-corrected chi connectivity index (χ3v) is 4.48. The number of pyridine rings is 1. The molecule has 1 aliphatic heterocycles. The zero-order valence-corrected chi connectivity index (χ0v) is 14.6. The Balaban J connectivity index is 1.73. The average molecular weight is 341 g/mol. The lowest BCUT2D eigenvalue weighted by Crippen LogP contribution is -2.49. The molecule has 6 heteroatoms. The van der Waals surface area contributed by atoms with Crippen LogP contribution in [-0.4, -0.2) is 40.8 Å². The molecule has 25 heavy (non-hydrogen) atoms. The number of carbonyl (C=O) groups is 2. The van der Waals surface area contributed by atoms with E-state index in [1.54, 1.807) is 23.3 Å². The molecule has 0 saturated carbocycles. The Kier molecular flexibility index (Phi) is 5.16. The van der Waals surface area contributed by atoms with E-state index in [1.165, 1.54) is 0 Å². The van der Waals surface area contributed by atoms with Gasteiger partial charge in [-0.1, -0.05) is 6.92 Å². The first-order chi connectivity index (χ1) is 12.1. The normalized spacial score (nSPS) is 17.4. The summed E-state index contributed by atoms with van der Waals surface area (Å²) in [5.74, 6) is 0.675. The second kappa shape index (κ2) is 7.51. The Hall–Kier alpha value is -2.63. The smallest absolute Gasteiger partial charge is 0.255 e. The van der Waals surface area contributed by atoms with Crippen molar-refractivity contribution in [2.75, 3.05) is 13.1 Å². The van der Waals surface area contributed by atoms with Crippen molar-refractivity contribution < 1.29 is 14.0 Å². The summed E-state index contributed by atoms with van der Waals surface area (Å²) in [7, 11) is 0. The van der Waals surface area contributed by atoms with Crippen molar-refractivity contribution in [3.8, 4) is 11.5 Å². The van der Waals surface area contributed by atoms with Gasteiger partial charge in [0.2, 0.25) is 5.91 Å². The van der Waals surface area contributed by atoms with Crippen molar-refractivity contribution in [1.82, 2.24) is 15.2 Å². The van der Waals surface area contributed by atoms with Gasteiger partial charge in [0.1, 0.15) is 5.69 Å². The number of carbonyl (C=O) groups excluding carboxylic acids is 2. The number of nitrogens with one attached hydrogen (secondary N) is 1. The predicted molar refractivity (Wildman–Crippen MR) is 94.0 cm³/mol. The Morgan fingerprint density at radius 3 is 2.88 bits per heavy atom. The van der Waals surface area contributed by atoms with Crippen LogP contribution in [0.3, 0.4) is 0 Å². The Morgan fingerprint density at radius 1 is 1.36 bits per heavy atom. The van der Waals surface area contributed by atoms with Gasteiger partial charge in [0.15, 0.2) is 5.76 Å². The van der Waals surface area contributed by atoms with Crippen LogP contribution >= 0.6 is 0 Å². The number of hydrogen-bond donors (Lipinski definition) is 1. The summed E-state index contributed by atoms with van der Waals surface area (Å²) in [5.41, 5.74) is 1.99. The van der Waals surface area contributed by atoms with E-state index in [9.17, 15) is 9.59 Å². The van der Waals surface area contributed by atoms with E-state index in [0.29, 0.717) is 42.2 Å². The number of furan rings is 1. The molecule has 1 unspecified atom stereocenters. The molecule has 3 heterocycles. The highest BCUT2D eigenvalue weighted by Crippen LogP contribution is 2.21. The minimum absolute atomic E-state index is 0.0277. The molecular formula is C19H23N3O3. The van der Waals surface area contributed by atoms with Crippen LogP contribution in [0.5, 0.6) is 0 Å². The number of nitrogens with zero attached hydrogens (tertiary/aromatic N) is 2. The van der Waals surface area contributed by atoms with Gasteiger partial charge in [-0.2, -0.15) is 0 Å². The van der Waals surface area contributed by atoms with E-state index in [0.717, 1.165) is 12.8 Å². The van der Waals surface area contributed by atoms with Crippen LogP contribution in [-0.2, 0) is 4.79 Å². The molecule has 0 aliphatic carbocycles. The highest BCUT2D eigenvalue weighted by Gasteiger charge is 2.26. The summed E-state index contributed by atoms with van der Waals surface area (Å²) in [6.07, 6.45) is 3.85. The summed E-state index contributed by atoms with van der Waals surface area (Å²) < 4.78 is 5.35. The van der Waals surface area contributed by atoms with Crippen molar-refractivity contribution in [1.29, 1.82) is 0 Å². The van der Waals surface area contributed by atoms with Gasteiger partial charge in [-0.25, -0.2) is 4.98 Å². The van der Waals surface area contributed by atoms with E-state index in [1.807, 2.05) is 26.0 Å². The van der Waals surface area contributed by atoms with E-state index in [4.69, 9.17) is 4.42 Å². The van der Waals surface area contributed by atoms with E-state index in [2.05, 4.69) is 10.3 Å². The van der Waals surface area contributed by atoms with Crippen molar-refractivity contribution in [3.63, 3.8) is 0 Å². The Bertz CT molecular complexity index is 755. The minimum atomic E-state index is -0.0357. The van der Waals surface area contributed by atoms with E-state index >= 15 is 0 Å². The molecule has 1 saturated heterocycles. The maximum atomic E-state index is 12.9. The summed E-state index contributed by atoms with van der Waals surface area (Å²) in [6, 6.07) is 7.29. The van der Waals surface area contributed by atoms with E-state index < -0.39 is 0 Å². The molecule has 1 atom stereocenters. The zero-order chi connectivity index (χ0) is 17.8. The highest BCUT2D eigenvalue weighted by atomic mass is 16.3. The Labute approximate surface area is 147 Å². The summed E-state index contributed by atoms with van der Waals surface area (Å²) >= 11 is 0. The molecule has 3 rings (SSSR count). The lowest BCUT2D eigenvalue weighted by Gasteiger charge is -2.33. The largest absolute Gasteiger partial charge is 0.463 e. The van der Waals surface area contributed by atoms with Gasteiger partial charge in [0.25, 0.3) is 5.91 Å². The van der Waals surface area contributed by atoms with Crippen LogP contribution in [0, 0.1) is 6.92 Å². The van der Waals surface area contributed by atoms with Crippen LogP contribution < -0.4 is 5.32 Å². The van der Waals surface area contributed by atoms with Gasteiger partial charge in [-0.3, -0.25) is 9.59 Å². The third-order valence-electron chi connectivity index (χ3n) is 4.48. The van der Waals surface area contributed by atoms with Gasteiger partial charge in [-0.15, -0.1) is 0 Å². The summed E-state index contributed by atoms with van der Waals surface area (Å²) in [5, 5.41) is 2.99. The number of piperidine rings is 1. The van der Waals surface area contributed by atoms with Crippen LogP contribution in [0.15, 0.2) is 34.9 Å². The molecule has 2 aromatic heterocycles. The standard InChI is InChI=1S/C19H23N3O3/c1-3-18(23)21-14-6-4-10-22(12-14)19(24)15-8-9-16(20-13(15)2)17-7-5-11-25-17/h5,7-9,11,14H,3-4,6,10,12H2,1-2H3,(H,21,23). The maximum Gasteiger partial charge on any atom is 0.255 e. The minimum Gasteiger partial charge on any atom is -0.463 e. The van der Waals surface area contributed by atoms with Gasteiger partial charge in [0, 0.05) is 25.6 Å². The lowest BCUT2D eigenvalue weighted by molar-refractivity contribution is -0.121. The fourth-order valence-corrected chi connectivity index (χ4v) is 3.13. The molecule has 0 spiro atoms. The summed E-state index contributed by atoms with van der Waals surface area (Å²) in [6.45, 7) is 4.91. The Morgan fingerprint density at radius 2 is 2.20 bits per heavy atom. The quantitative estimate of drug-likeness (QED) is 0.928. The molecule has 0 bridgehead atoms. The highest BCUT2D eigenvalue weighted by molar-refractivity contribution is 5.95. The molecule has 0 aromatic carbocycles. The van der Waals surface area contributed by atoms with Crippen molar-refractivity contribution in [3.05, 3.63) is 41.8 Å². The first-order valence-electron chi connectivity index (χ1n) is 8.68. The number of likely N-dealkylation sites (tertiary alicyclic amines) is 1. The number of aromatic nitrogens is 1. The number of hydrogen-bond acceptors (Lipinski definition) is 4. The first-order valence-corrected chi connectivity index (χ1v) is 8.68. The van der Waals surface area contributed by atoms with Gasteiger partial charge in [-0.05, 0) is 44.0 Å². The molecule has 132 valence electrons. The number of amides is 2. The molecule has 2 aromatic rings. The van der Waals surface area contributed by atoms with Crippen LogP contribution in [0.4, 0.5) is 0 Å². The molecule has 0 radical (unpaired) electrons. The van der Waals surface area contributed by atoms with E-state index in [-0.39, 0.29) is 17.9 Å². The van der Waals surface area contributed by atoms with Gasteiger partial charge < -0.3 is 14.6 Å². The predicted octanol–water partition coefficient (Wildman–Crippen LogP) is 2.78. The lowest BCUT2D eigenvalue weighted by atomic mass is 10.0.